The normalized spacial score (nSPS) is 12.8. The van der Waals surface area contributed by atoms with Crippen LogP contribution >= 0.6 is 11.6 Å². The number of hydrogen-bond acceptors (Lipinski definition) is 5. The van der Waals surface area contributed by atoms with E-state index in [9.17, 15) is 26.3 Å². The van der Waals surface area contributed by atoms with Gasteiger partial charge in [-0.15, -0.1) is 5.10 Å². The number of unbranched alkanes of at least 4 members (excludes halogenated alkanes) is 1. The summed E-state index contributed by atoms with van der Waals surface area (Å²) >= 11 is 5.46. The molecule has 13 heteroatoms. The molecule has 0 radical (unpaired) electrons. The molecule has 1 aromatic carbocycles. The maximum Gasteiger partial charge on any atom is 0.416 e. The van der Waals surface area contributed by atoms with Gasteiger partial charge in [0.15, 0.2) is 0 Å². The molecule has 6 nitrogen and oxygen atoms in total. The first-order chi connectivity index (χ1) is 17.0. The van der Waals surface area contributed by atoms with E-state index >= 15 is 0 Å². The SMILES string of the molecule is CC(=C/CC(F)(F)F)/C=C(\C)Cl.Cc1cc(C)c(C(F)(F)F)cc1NCCCCN(C)c1nnn(C)n1. The molecule has 2 aromatic rings. The van der Waals surface area contributed by atoms with Crippen LogP contribution in [0.15, 0.2) is 34.9 Å². The Hall–Kier alpha value is -2.76. The van der Waals surface area contributed by atoms with Gasteiger partial charge >= 0.3 is 12.4 Å². The molecule has 2 rings (SSSR count). The van der Waals surface area contributed by atoms with Gasteiger partial charge in [0.2, 0.25) is 0 Å². The minimum atomic E-state index is -4.33. The second-order valence-electron chi connectivity index (χ2n) is 8.61. The molecule has 0 saturated heterocycles. The molecule has 1 heterocycles. The van der Waals surface area contributed by atoms with Gasteiger partial charge in [0.05, 0.1) is 19.0 Å². The highest BCUT2D eigenvalue weighted by molar-refractivity contribution is 6.29. The zero-order chi connectivity index (χ0) is 28.4. The number of nitrogens with zero attached hydrogens (tertiary/aromatic N) is 5. The van der Waals surface area contributed by atoms with Gasteiger partial charge < -0.3 is 10.2 Å². The second-order valence-corrected chi connectivity index (χ2v) is 9.21. The summed E-state index contributed by atoms with van der Waals surface area (Å²) in [6.45, 7) is 7.83. The summed E-state index contributed by atoms with van der Waals surface area (Å²) in [5.74, 6) is 0.555. The Morgan fingerprint density at radius 1 is 1.08 bits per heavy atom. The van der Waals surface area contributed by atoms with E-state index in [2.05, 4.69) is 20.7 Å². The van der Waals surface area contributed by atoms with Gasteiger partial charge in [0.25, 0.3) is 5.95 Å². The number of tetrazole rings is 1. The van der Waals surface area contributed by atoms with E-state index in [1.807, 2.05) is 18.9 Å². The Kier molecular flexibility index (Phi) is 12.4. The third kappa shape index (κ3) is 12.9. The van der Waals surface area contributed by atoms with E-state index in [1.165, 1.54) is 23.9 Å². The molecule has 0 aliphatic heterocycles. The standard InChI is InChI=1S/C16H23F3N6.C8H10ClF3/c1-11-9-12(2)14(10-13(11)16(17,18)19)20-7-5-6-8-24(3)15-21-23-25(4)22-15;1-6(5-7(2)9)3-4-8(10,11)12/h9-10,20H,5-8H2,1-4H3;3,5H,4H2,1-2H3/b;6-3-,7-5+. The van der Waals surface area contributed by atoms with Crippen molar-refractivity contribution in [1.82, 2.24) is 20.2 Å². The van der Waals surface area contributed by atoms with E-state index in [0.717, 1.165) is 31.0 Å². The van der Waals surface area contributed by atoms with Crippen molar-refractivity contribution < 1.29 is 26.3 Å². The van der Waals surface area contributed by atoms with Crippen molar-refractivity contribution >= 4 is 23.2 Å². The summed E-state index contributed by atoms with van der Waals surface area (Å²) in [4.78, 5) is 3.29. The number of rotatable bonds is 9. The number of nitrogens with one attached hydrogen (secondary N) is 1. The largest absolute Gasteiger partial charge is 0.416 e. The predicted molar refractivity (Wildman–Crippen MR) is 135 cm³/mol. The highest BCUT2D eigenvalue weighted by atomic mass is 35.5. The van der Waals surface area contributed by atoms with Crippen LogP contribution in [0.3, 0.4) is 0 Å². The fourth-order valence-electron chi connectivity index (χ4n) is 3.22. The molecule has 0 bridgehead atoms. The monoisotopic (exact) mass is 554 g/mol. The van der Waals surface area contributed by atoms with Gasteiger partial charge in [-0.25, -0.2) is 0 Å². The first kappa shape index (κ1) is 32.3. The predicted octanol–water partition coefficient (Wildman–Crippen LogP) is 7.20. The molecule has 0 unspecified atom stereocenters. The van der Waals surface area contributed by atoms with Crippen LogP contribution in [-0.2, 0) is 13.2 Å². The Morgan fingerprint density at radius 2 is 1.73 bits per heavy atom. The van der Waals surface area contributed by atoms with Gasteiger partial charge in [0, 0.05) is 30.9 Å². The van der Waals surface area contributed by atoms with Gasteiger partial charge in [0.1, 0.15) is 0 Å². The lowest BCUT2D eigenvalue weighted by Crippen LogP contribution is -2.20. The van der Waals surface area contributed by atoms with Crippen molar-refractivity contribution in [1.29, 1.82) is 0 Å². The summed E-state index contributed by atoms with van der Waals surface area (Å²) in [6, 6.07) is 2.76. The molecule has 1 N–H and O–H groups in total. The molecular formula is C24H33ClF6N6. The van der Waals surface area contributed by atoms with Crippen LogP contribution in [0.1, 0.15) is 49.8 Å². The maximum absolute atomic E-state index is 13.0. The van der Waals surface area contributed by atoms with Gasteiger partial charge in [-0.3, -0.25) is 0 Å². The van der Waals surface area contributed by atoms with E-state index in [1.54, 1.807) is 27.0 Å². The molecule has 37 heavy (non-hydrogen) atoms. The fraction of sp³-hybridized carbons (Fsp3) is 0.542. The minimum Gasteiger partial charge on any atom is -0.385 e. The van der Waals surface area contributed by atoms with Crippen LogP contribution in [0.25, 0.3) is 0 Å². The molecule has 1 aromatic heterocycles. The van der Waals surface area contributed by atoms with Crippen molar-refractivity contribution in [2.45, 2.75) is 59.3 Å². The Labute approximate surface area is 218 Å². The number of aryl methyl sites for hydroxylation is 3. The lowest BCUT2D eigenvalue weighted by molar-refractivity contribution is -0.138. The number of aromatic nitrogens is 4. The van der Waals surface area contributed by atoms with Crippen LogP contribution in [0.4, 0.5) is 38.0 Å². The zero-order valence-corrected chi connectivity index (χ0v) is 22.5. The van der Waals surface area contributed by atoms with Crippen LogP contribution in [0, 0.1) is 13.8 Å². The topological polar surface area (TPSA) is 58.9 Å². The molecule has 0 fully saturated rings. The van der Waals surface area contributed by atoms with Crippen molar-refractivity contribution in [2.24, 2.45) is 7.05 Å². The molecule has 208 valence electrons. The number of anilines is 2. The van der Waals surface area contributed by atoms with E-state index in [0.29, 0.717) is 28.8 Å². The molecule has 0 spiro atoms. The lowest BCUT2D eigenvalue weighted by Gasteiger charge is -2.17. The number of alkyl halides is 6. The van der Waals surface area contributed by atoms with Crippen molar-refractivity contribution in [2.75, 3.05) is 30.4 Å². The highest BCUT2D eigenvalue weighted by Gasteiger charge is 2.32. The van der Waals surface area contributed by atoms with Crippen LogP contribution in [-0.4, -0.2) is 46.5 Å². The molecule has 0 aliphatic carbocycles. The van der Waals surface area contributed by atoms with Crippen LogP contribution in [0.5, 0.6) is 0 Å². The Morgan fingerprint density at radius 3 is 2.24 bits per heavy atom. The molecule has 0 saturated carbocycles. The first-order valence-corrected chi connectivity index (χ1v) is 11.8. The quantitative estimate of drug-likeness (QED) is 0.202. The second kappa shape index (κ2) is 14.3. The van der Waals surface area contributed by atoms with Gasteiger partial charge in [-0.05, 0) is 69.0 Å². The maximum atomic E-state index is 13.0. The van der Waals surface area contributed by atoms with Crippen molar-refractivity contribution in [3.63, 3.8) is 0 Å². The summed E-state index contributed by atoms with van der Waals surface area (Å²) in [5.41, 5.74) is 1.52. The average molecular weight is 555 g/mol. The van der Waals surface area contributed by atoms with E-state index in [-0.39, 0.29) is 5.56 Å². The summed E-state index contributed by atoms with van der Waals surface area (Å²) in [6.07, 6.45) is -5.09. The third-order valence-corrected chi connectivity index (χ3v) is 5.14. The van der Waals surface area contributed by atoms with Crippen LogP contribution < -0.4 is 10.2 Å². The average Bonchev–Trinajstić information content (AvgIpc) is 3.18. The minimum absolute atomic E-state index is 0.244. The first-order valence-electron chi connectivity index (χ1n) is 11.4. The zero-order valence-electron chi connectivity index (χ0n) is 21.7. The summed E-state index contributed by atoms with van der Waals surface area (Å²) in [5, 5.41) is 15.4. The van der Waals surface area contributed by atoms with Crippen molar-refractivity contribution in [3.05, 3.63) is 51.6 Å². The van der Waals surface area contributed by atoms with Gasteiger partial charge in [-0.1, -0.05) is 34.4 Å². The smallest absolute Gasteiger partial charge is 0.385 e. The lowest BCUT2D eigenvalue weighted by atomic mass is 10.0. The highest BCUT2D eigenvalue weighted by Crippen LogP contribution is 2.34. The third-order valence-electron chi connectivity index (χ3n) is 5.03. The van der Waals surface area contributed by atoms with Crippen molar-refractivity contribution in [3.8, 4) is 0 Å². The number of allylic oxidation sites excluding steroid dienone is 4. The molecule has 0 amide bonds. The summed E-state index contributed by atoms with van der Waals surface area (Å²) < 4.78 is 74.0. The van der Waals surface area contributed by atoms with E-state index in [4.69, 9.17) is 11.6 Å². The summed E-state index contributed by atoms with van der Waals surface area (Å²) in [7, 11) is 3.58. The molecule has 0 aliphatic rings. The Bertz CT molecular complexity index is 1050. The number of benzene rings is 1. The fourth-order valence-corrected chi connectivity index (χ4v) is 3.39. The Balaban J connectivity index is 0.000000482. The number of hydrogen-bond donors (Lipinski definition) is 1. The molecule has 0 atom stereocenters. The van der Waals surface area contributed by atoms with Gasteiger partial charge in [-0.2, -0.15) is 31.1 Å². The van der Waals surface area contributed by atoms with Crippen LogP contribution in [0.2, 0.25) is 0 Å². The number of halogens is 7. The van der Waals surface area contributed by atoms with E-state index < -0.39 is 24.3 Å². The molecular weight excluding hydrogens is 522 g/mol.